The Hall–Kier alpha value is -3.75. The van der Waals surface area contributed by atoms with E-state index in [9.17, 15) is 18.8 Å². The van der Waals surface area contributed by atoms with E-state index >= 15 is 0 Å². The number of carbonyl (C=O) groups is 2. The maximum absolute atomic E-state index is 13.4. The number of imidazole rings is 1. The van der Waals surface area contributed by atoms with Crippen molar-refractivity contribution in [2.45, 2.75) is 20.4 Å². The lowest BCUT2D eigenvalue weighted by atomic mass is 10.1. The molecular weight excluding hydrogens is 389 g/mol. The van der Waals surface area contributed by atoms with E-state index in [-0.39, 0.29) is 35.2 Å². The molecule has 8 nitrogen and oxygen atoms in total. The monoisotopic (exact) mass is 411 g/mol. The number of hydrogen-bond acceptors (Lipinski definition) is 4. The molecule has 0 atom stereocenters. The third-order valence-corrected chi connectivity index (χ3v) is 4.46. The summed E-state index contributed by atoms with van der Waals surface area (Å²) in [7, 11) is 1.46. The third-order valence-electron chi connectivity index (χ3n) is 4.46. The highest BCUT2D eigenvalue weighted by Crippen LogP contribution is 2.20. The Kier molecular flexibility index (Phi) is 6.10. The highest BCUT2D eigenvalue weighted by atomic mass is 19.1. The van der Waals surface area contributed by atoms with E-state index in [0.29, 0.717) is 17.8 Å². The van der Waals surface area contributed by atoms with Crippen LogP contribution in [-0.4, -0.2) is 39.4 Å². The molecule has 0 bridgehead atoms. The van der Waals surface area contributed by atoms with Crippen molar-refractivity contribution >= 4 is 17.5 Å². The summed E-state index contributed by atoms with van der Waals surface area (Å²) >= 11 is 0. The third kappa shape index (κ3) is 4.45. The number of nitrogens with one attached hydrogen (secondary N) is 2. The Labute approximate surface area is 172 Å². The molecule has 2 heterocycles. The number of aromatic nitrogens is 3. The molecule has 3 rings (SSSR count). The van der Waals surface area contributed by atoms with Gasteiger partial charge in [-0.3, -0.25) is 23.4 Å². The first-order valence-electron chi connectivity index (χ1n) is 9.30. The van der Waals surface area contributed by atoms with Crippen LogP contribution in [0.5, 0.6) is 0 Å². The van der Waals surface area contributed by atoms with Crippen LogP contribution in [0.3, 0.4) is 0 Å². The van der Waals surface area contributed by atoms with Gasteiger partial charge in [-0.05, 0) is 43.7 Å². The number of halogens is 1. The molecule has 2 amide bonds. The molecule has 2 N–H and O–H groups in total. The summed E-state index contributed by atoms with van der Waals surface area (Å²) in [6, 6.07) is 5.81. The topological polar surface area (TPSA) is 97.5 Å². The molecule has 9 heteroatoms. The van der Waals surface area contributed by atoms with Gasteiger partial charge in [0.1, 0.15) is 11.5 Å². The fourth-order valence-electron chi connectivity index (χ4n) is 2.84. The van der Waals surface area contributed by atoms with Gasteiger partial charge in [-0.2, -0.15) is 0 Å². The van der Waals surface area contributed by atoms with E-state index in [1.54, 1.807) is 18.3 Å². The quantitative estimate of drug-likeness (QED) is 0.604. The summed E-state index contributed by atoms with van der Waals surface area (Å²) in [6.07, 6.45) is 4.99. The van der Waals surface area contributed by atoms with Gasteiger partial charge in [0.15, 0.2) is 0 Å². The molecular formula is C21H22FN5O3. The molecule has 0 saturated carbocycles. The molecule has 0 spiro atoms. The Morgan fingerprint density at radius 3 is 2.50 bits per heavy atom. The van der Waals surface area contributed by atoms with E-state index in [4.69, 9.17) is 0 Å². The molecule has 0 aliphatic rings. The van der Waals surface area contributed by atoms with Crippen LogP contribution in [0.4, 0.5) is 4.39 Å². The van der Waals surface area contributed by atoms with E-state index in [1.165, 1.54) is 34.3 Å². The van der Waals surface area contributed by atoms with Gasteiger partial charge in [0.25, 0.3) is 11.5 Å². The fraction of sp³-hybridized carbons (Fsp3) is 0.238. The maximum Gasteiger partial charge on any atom is 0.295 e. The van der Waals surface area contributed by atoms with E-state index < -0.39 is 5.91 Å². The van der Waals surface area contributed by atoms with Gasteiger partial charge in [0, 0.05) is 26.0 Å². The summed E-state index contributed by atoms with van der Waals surface area (Å²) in [5, 5.41) is 4.85. The lowest BCUT2D eigenvalue weighted by Crippen LogP contribution is -2.35. The van der Waals surface area contributed by atoms with E-state index in [0.717, 1.165) is 5.57 Å². The predicted molar refractivity (Wildman–Crippen MR) is 111 cm³/mol. The van der Waals surface area contributed by atoms with Gasteiger partial charge in [-0.15, -0.1) is 0 Å². The summed E-state index contributed by atoms with van der Waals surface area (Å²) in [5.74, 6) is -1.30. The Balaban J connectivity index is 2.10. The normalized spacial score (nSPS) is 10.7. The van der Waals surface area contributed by atoms with Crippen LogP contribution in [0.1, 0.15) is 24.3 Å². The second-order valence-electron chi connectivity index (χ2n) is 6.93. The van der Waals surface area contributed by atoms with Crippen LogP contribution in [0.15, 0.2) is 53.1 Å². The second-order valence-corrected chi connectivity index (χ2v) is 6.93. The van der Waals surface area contributed by atoms with Crippen LogP contribution in [0.25, 0.3) is 16.9 Å². The van der Waals surface area contributed by atoms with Gasteiger partial charge in [0.2, 0.25) is 11.6 Å². The minimum Gasteiger partial charge on any atom is -0.358 e. The number of allylic oxidation sites excluding steroid dienone is 2. The minimum atomic E-state index is -0.569. The van der Waals surface area contributed by atoms with Crippen molar-refractivity contribution < 1.29 is 14.0 Å². The molecule has 0 aliphatic carbocycles. The van der Waals surface area contributed by atoms with Gasteiger partial charge in [-0.25, -0.2) is 9.37 Å². The second kappa shape index (κ2) is 8.73. The number of nitrogens with zero attached hydrogens (tertiary/aromatic N) is 3. The zero-order valence-corrected chi connectivity index (χ0v) is 16.9. The van der Waals surface area contributed by atoms with Crippen LogP contribution in [0.2, 0.25) is 0 Å². The average Bonchev–Trinajstić information content (AvgIpc) is 3.16. The lowest BCUT2D eigenvalue weighted by molar-refractivity contribution is -0.119. The zero-order chi connectivity index (χ0) is 21.8. The summed E-state index contributed by atoms with van der Waals surface area (Å²) in [6.45, 7) is 3.95. The van der Waals surface area contributed by atoms with Crippen LogP contribution >= 0.6 is 0 Å². The smallest absolute Gasteiger partial charge is 0.295 e. The molecule has 30 heavy (non-hydrogen) atoms. The van der Waals surface area contributed by atoms with Crippen molar-refractivity contribution in [3.05, 3.63) is 70.2 Å². The van der Waals surface area contributed by atoms with Crippen LogP contribution in [0, 0.1) is 5.82 Å². The first-order valence-corrected chi connectivity index (χ1v) is 9.30. The van der Waals surface area contributed by atoms with Crippen LogP contribution in [-0.2, 0) is 11.3 Å². The predicted octanol–water partition coefficient (Wildman–Crippen LogP) is 1.74. The number of carbonyl (C=O) groups excluding carboxylic acids is 2. The summed E-state index contributed by atoms with van der Waals surface area (Å²) in [4.78, 5) is 40.9. The highest BCUT2D eigenvalue weighted by Gasteiger charge is 2.17. The lowest BCUT2D eigenvalue weighted by Gasteiger charge is -2.12. The van der Waals surface area contributed by atoms with Crippen molar-refractivity contribution in [1.82, 2.24) is 24.6 Å². The van der Waals surface area contributed by atoms with Crippen LogP contribution < -0.4 is 16.2 Å². The number of fused-ring (bicyclic) bond motifs is 1. The Morgan fingerprint density at radius 2 is 1.87 bits per heavy atom. The molecule has 0 unspecified atom stereocenters. The van der Waals surface area contributed by atoms with Crippen molar-refractivity contribution in [2.24, 2.45) is 0 Å². The number of amides is 2. The molecule has 0 radical (unpaired) electrons. The number of rotatable bonds is 6. The van der Waals surface area contributed by atoms with Crippen molar-refractivity contribution in [3.8, 4) is 11.3 Å². The minimum absolute atomic E-state index is 0.0148. The number of likely N-dealkylation sites (N-methyl/N-ethyl adjacent to an activating group) is 1. The molecule has 3 aromatic rings. The van der Waals surface area contributed by atoms with Gasteiger partial charge in [0.05, 0.1) is 12.2 Å². The first kappa shape index (κ1) is 21.0. The number of benzene rings is 1. The largest absolute Gasteiger partial charge is 0.358 e. The van der Waals surface area contributed by atoms with Gasteiger partial charge >= 0.3 is 0 Å². The summed E-state index contributed by atoms with van der Waals surface area (Å²) in [5.41, 5.74) is 1.94. The molecule has 0 fully saturated rings. The zero-order valence-electron chi connectivity index (χ0n) is 16.9. The number of hydrogen-bond donors (Lipinski definition) is 2. The summed E-state index contributed by atoms with van der Waals surface area (Å²) < 4.78 is 16.4. The van der Waals surface area contributed by atoms with Gasteiger partial charge < -0.3 is 10.6 Å². The maximum atomic E-state index is 13.4. The first-order chi connectivity index (χ1) is 14.3. The molecule has 2 aromatic heterocycles. The van der Waals surface area contributed by atoms with Crippen molar-refractivity contribution in [3.63, 3.8) is 0 Å². The highest BCUT2D eigenvalue weighted by molar-refractivity contribution is 5.95. The average molecular weight is 411 g/mol. The Morgan fingerprint density at radius 1 is 1.17 bits per heavy atom. The van der Waals surface area contributed by atoms with E-state index in [1.807, 2.05) is 19.9 Å². The molecule has 156 valence electrons. The van der Waals surface area contributed by atoms with Gasteiger partial charge in [-0.1, -0.05) is 11.6 Å². The fourth-order valence-corrected chi connectivity index (χ4v) is 2.84. The van der Waals surface area contributed by atoms with Crippen molar-refractivity contribution in [1.29, 1.82) is 0 Å². The Bertz CT molecular complexity index is 1190. The standard InChI is InChI=1S/C21H22FN5O3/c1-13(2)8-9-27-17(14-4-6-15(22)7-5-14)12-26-11-16(25-19(26)21(27)30)20(29)24-10-18(28)23-3/h4-8,11-12H,9-10H2,1-3H3,(H,23,28)(H,24,29). The molecule has 1 aromatic carbocycles. The SMILES string of the molecule is CNC(=O)CNC(=O)c1cn2cc(-c3ccc(F)cc3)n(CC=C(C)C)c(=O)c2n1. The molecule has 0 aliphatic heterocycles. The van der Waals surface area contributed by atoms with Crippen molar-refractivity contribution in [2.75, 3.05) is 13.6 Å². The van der Waals surface area contributed by atoms with E-state index in [2.05, 4.69) is 15.6 Å². The molecule has 0 saturated heterocycles.